The van der Waals surface area contributed by atoms with E-state index in [1.807, 2.05) is 38.1 Å². The maximum absolute atomic E-state index is 5.85. The minimum Gasteiger partial charge on any atom is -0.451 e. The van der Waals surface area contributed by atoms with Gasteiger partial charge in [0, 0.05) is 13.8 Å². The van der Waals surface area contributed by atoms with Crippen LogP contribution in [0.1, 0.15) is 13.8 Å². The fourth-order valence-corrected chi connectivity index (χ4v) is 1.70. The summed E-state index contributed by atoms with van der Waals surface area (Å²) in [5.41, 5.74) is 12.8. The normalized spacial score (nSPS) is 11.1. The third kappa shape index (κ3) is 3.31. The van der Waals surface area contributed by atoms with Gasteiger partial charge in [0.1, 0.15) is 11.5 Å². The second-order valence-corrected chi connectivity index (χ2v) is 4.68. The van der Waals surface area contributed by atoms with Gasteiger partial charge >= 0.3 is 0 Å². The van der Waals surface area contributed by atoms with Crippen LogP contribution in [-0.2, 0) is 0 Å². The fraction of sp³-hybridized carbons (Fsp3) is 0.200. The summed E-state index contributed by atoms with van der Waals surface area (Å²) in [5.74, 6) is 0.300. The Labute approximate surface area is 112 Å². The van der Waals surface area contributed by atoms with E-state index in [0.29, 0.717) is 22.9 Å². The monoisotopic (exact) mass is 258 g/mol. The molecule has 0 saturated carbocycles. The summed E-state index contributed by atoms with van der Waals surface area (Å²) in [6.45, 7) is 3.62. The summed E-state index contributed by atoms with van der Waals surface area (Å²) in [5, 5.41) is 0. The highest BCUT2D eigenvalue weighted by Crippen LogP contribution is 2.29. The smallest absolute Gasteiger partial charge is 0.246 e. The molecule has 0 unspecified atom stereocenters. The number of hydrogen-bond acceptors (Lipinski definition) is 4. The molecule has 4 N–H and O–H groups in total. The largest absolute Gasteiger partial charge is 0.451 e. The van der Waals surface area contributed by atoms with Crippen LogP contribution in [0.15, 0.2) is 48.5 Å². The Morgan fingerprint density at radius 1 is 0.737 bits per heavy atom. The molecule has 0 amide bonds. The minimum atomic E-state index is -0.870. The second-order valence-electron chi connectivity index (χ2n) is 4.68. The highest BCUT2D eigenvalue weighted by Gasteiger charge is 2.23. The molecule has 0 atom stereocenters. The molecule has 0 heterocycles. The van der Waals surface area contributed by atoms with Gasteiger partial charge in [0.2, 0.25) is 5.79 Å². The topological polar surface area (TPSA) is 70.5 Å². The Morgan fingerprint density at radius 2 is 1.11 bits per heavy atom. The molecule has 4 heteroatoms. The Kier molecular flexibility index (Phi) is 3.51. The molecule has 2 aromatic carbocycles. The number of rotatable bonds is 4. The van der Waals surface area contributed by atoms with Crippen LogP contribution in [0.3, 0.4) is 0 Å². The molecule has 0 aromatic heterocycles. The van der Waals surface area contributed by atoms with Crippen LogP contribution in [0.5, 0.6) is 11.5 Å². The minimum absolute atomic E-state index is 0.570. The molecule has 0 radical (unpaired) electrons. The van der Waals surface area contributed by atoms with Gasteiger partial charge in [0.25, 0.3) is 0 Å². The summed E-state index contributed by atoms with van der Waals surface area (Å²) in [6, 6.07) is 14.6. The summed E-state index contributed by atoms with van der Waals surface area (Å²) >= 11 is 0. The molecule has 2 rings (SSSR count). The Morgan fingerprint density at radius 3 is 1.47 bits per heavy atom. The third-order valence-corrected chi connectivity index (χ3v) is 2.55. The molecule has 2 aromatic rings. The predicted octanol–water partition coefficient (Wildman–Crippen LogP) is 3.04. The lowest BCUT2D eigenvalue weighted by atomic mass is 10.2. The van der Waals surface area contributed by atoms with Gasteiger partial charge < -0.3 is 20.9 Å². The Balaban J connectivity index is 2.15. The van der Waals surface area contributed by atoms with E-state index >= 15 is 0 Å². The molecule has 0 spiro atoms. The van der Waals surface area contributed by atoms with Crippen LogP contribution >= 0.6 is 0 Å². The Bertz CT molecular complexity index is 518. The SMILES string of the molecule is CC(C)(Oc1ccccc1N)Oc1ccccc1N. The van der Waals surface area contributed by atoms with Crippen LogP contribution in [0.2, 0.25) is 0 Å². The number of para-hydroxylation sites is 4. The predicted molar refractivity (Wildman–Crippen MR) is 77.0 cm³/mol. The van der Waals surface area contributed by atoms with Crippen molar-refractivity contribution in [1.82, 2.24) is 0 Å². The zero-order valence-electron chi connectivity index (χ0n) is 11.1. The van der Waals surface area contributed by atoms with E-state index in [0.717, 1.165) is 0 Å². The number of ether oxygens (including phenoxy) is 2. The second kappa shape index (κ2) is 5.10. The van der Waals surface area contributed by atoms with Crippen molar-refractivity contribution < 1.29 is 9.47 Å². The molecule has 0 aliphatic rings. The van der Waals surface area contributed by atoms with E-state index in [2.05, 4.69) is 0 Å². The molecule has 0 fully saturated rings. The van der Waals surface area contributed by atoms with Gasteiger partial charge in [0.05, 0.1) is 11.4 Å². The van der Waals surface area contributed by atoms with E-state index in [4.69, 9.17) is 20.9 Å². The number of nitrogen functional groups attached to an aromatic ring is 2. The van der Waals surface area contributed by atoms with Crippen molar-refractivity contribution in [3.05, 3.63) is 48.5 Å². The highest BCUT2D eigenvalue weighted by molar-refractivity contribution is 5.53. The van der Waals surface area contributed by atoms with Gasteiger partial charge in [-0.15, -0.1) is 0 Å². The standard InChI is InChI=1S/C15H18N2O2/c1-15(2,18-13-9-5-3-7-11(13)16)19-14-10-6-4-8-12(14)17/h3-10H,16-17H2,1-2H3. The summed E-state index contributed by atoms with van der Waals surface area (Å²) in [4.78, 5) is 0. The van der Waals surface area contributed by atoms with Gasteiger partial charge in [0.15, 0.2) is 0 Å². The molecule has 100 valence electrons. The van der Waals surface area contributed by atoms with Crippen LogP contribution in [0.25, 0.3) is 0 Å². The molecule has 0 aliphatic carbocycles. The fourth-order valence-electron chi connectivity index (χ4n) is 1.70. The first-order valence-corrected chi connectivity index (χ1v) is 6.05. The van der Waals surface area contributed by atoms with Crippen molar-refractivity contribution in [2.24, 2.45) is 0 Å². The van der Waals surface area contributed by atoms with Crippen molar-refractivity contribution in [3.8, 4) is 11.5 Å². The summed E-state index contributed by atoms with van der Waals surface area (Å²) in [7, 11) is 0. The van der Waals surface area contributed by atoms with Crippen molar-refractivity contribution in [1.29, 1.82) is 0 Å². The lowest BCUT2D eigenvalue weighted by Gasteiger charge is -2.28. The van der Waals surface area contributed by atoms with Gasteiger partial charge in [-0.2, -0.15) is 0 Å². The van der Waals surface area contributed by atoms with Crippen LogP contribution in [0, 0.1) is 0 Å². The lowest BCUT2D eigenvalue weighted by Crippen LogP contribution is -2.35. The first-order chi connectivity index (χ1) is 8.98. The average molecular weight is 258 g/mol. The van der Waals surface area contributed by atoms with Gasteiger partial charge in [-0.1, -0.05) is 24.3 Å². The van der Waals surface area contributed by atoms with E-state index < -0.39 is 5.79 Å². The highest BCUT2D eigenvalue weighted by atomic mass is 16.7. The average Bonchev–Trinajstić information content (AvgIpc) is 2.35. The van der Waals surface area contributed by atoms with E-state index in [-0.39, 0.29) is 0 Å². The van der Waals surface area contributed by atoms with Crippen LogP contribution < -0.4 is 20.9 Å². The first kappa shape index (κ1) is 13.1. The maximum Gasteiger partial charge on any atom is 0.246 e. The van der Waals surface area contributed by atoms with E-state index in [9.17, 15) is 0 Å². The van der Waals surface area contributed by atoms with E-state index in [1.165, 1.54) is 0 Å². The number of nitrogens with two attached hydrogens (primary N) is 2. The summed E-state index contributed by atoms with van der Waals surface area (Å²) < 4.78 is 11.6. The van der Waals surface area contributed by atoms with Crippen LogP contribution in [-0.4, -0.2) is 5.79 Å². The van der Waals surface area contributed by atoms with E-state index in [1.54, 1.807) is 24.3 Å². The molecular weight excluding hydrogens is 240 g/mol. The van der Waals surface area contributed by atoms with Crippen molar-refractivity contribution in [3.63, 3.8) is 0 Å². The lowest BCUT2D eigenvalue weighted by molar-refractivity contribution is -0.0800. The zero-order valence-corrected chi connectivity index (χ0v) is 11.1. The molecule has 0 saturated heterocycles. The van der Waals surface area contributed by atoms with Gasteiger partial charge in [-0.05, 0) is 24.3 Å². The maximum atomic E-state index is 5.85. The van der Waals surface area contributed by atoms with Gasteiger partial charge in [-0.25, -0.2) is 0 Å². The summed E-state index contributed by atoms with van der Waals surface area (Å²) in [6.07, 6.45) is 0. The molecular formula is C15H18N2O2. The van der Waals surface area contributed by atoms with Crippen molar-refractivity contribution >= 4 is 11.4 Å². The number of benzene rings is 2. The quantitative estimate of drug-likeness (QED) is 0.653. The van der Waals surface area contributed by atoms with Crippen LogP contribution in [0.4, 0.5) is 11.4 Å². The van der Waals surface area contributed by atoms with Crippen molar-refractivity contribution in [2.45, 2.75) is 19.6 Å². The van der Waals surface area contributed by atoms with Crippen molar-refractivity contribution in [2.75, 3.05) is 11.5 Å². The zero-order chi connectivity index (χ0) is 13.9. The molecule has 19 heavy (non-hydrogen) atoms. The molecule has 0 aliphatic heterocycles. The number of hydrogen-bond donors (Lipinski definition) is 2. The van der Waals surface area contributed by atoms with Gasteiger partial charge in [-0.3, -0.25) is 0 Å². The number of anilines is 2. The Hall–Kier alpha value is -2.36. The third-order valence-electron chi connectivity index (χ3n) is 2.55. The molecule has 0 bridgehead atoms. The first-order valence-electron chi connectivity index (χ1n) is 6.05. The molecule has 4 nitrogen and oxygen atoms in total.